The number of rotatable bonds is 7. The van der Waals surface area contributed by atoms with E-state index in [9.17, 15) is 14.4 Å². The molecule has 0 unspecified atom stereocenters. The second-order valence-electron chi connectivity index (χ2n) is 8.15. The van der Waals surface area contributed by atoms with Crippen LogP contribution in [0.15, 0.2) is 35.9 Å². The van der Waals surface area contributed by atoms with Crippen molar-refractivity contribution in [3.8, 4) is 0 Å². The molecule has 3 N–H and O–H groups in total. The smallest absolute Gasteiger partial charge is 0.407 e. The number of nitrogens with one attached hydrogen (secondary N) is 3. The molecule has 3 amide bonds. The minimum absolute atomic E-state index is 0.0968. The van der Waals surface area contributed by atoms with Crippen LogP contribution in [0.4, 0.5) is 10.5 Å². The van der Waals surface area contributed by atoms with E-state index in [0.29, 0.717) is 6.54 Å². The van der Waals surface area contributed by atoms with Gasteiger partial charge in [0.25, 0.3) is 0 Å². The van der Waals surface area contributed by atoms with E-state index < -0.39 is 11.7 Å². The average Bonchev–Trinajstić information content (AvgIpc) is 3.12. The second kappa shape index (κ2) is 10.6. The summed E-state index contributed by atoms with van der Waals surface area (Å²) >= 11 is 0. The standard InChI is InChI=1S/C22H31N3O4/c1-22(2,3)29-21(28)23-13-12-19(26)24-15-17-8-10-18(11-9-17)25-20(27)14-16-6-4-5-7-16/h8-11,14H,4-7,12-13,15H2,1-3H3,(H,23,28)(H,24,26)(H,25,27). The van der Waals surface area contributed by atoms with Gasteiger partial charge in [-0.3, -0.25) is 9.59 Å². The third kappa shape index (κ3) is 9.27. The highest BCUT2D eigenvalue weighted by Gasteiger charge is 2.15. The highest BCUT2D eigenvalue weighted by atomic mass is 16.6. The summed E-state index contributed by atoms with van der Waals surface area (Å²) in [6.07, 6.45) is 5.69. The van der Waals surface area contributed by atoms with E-state index in [0.717, 1.165) is 36.9 Å². The molecule has 1 aromatic carbocycles. The molecular formula is C22H31N3O4. The van der Waals surface area contributed by atoms with Crippen molar-refractivity contribution in [2.24, 2.45) is 0 Å². The van der Waals surface area contributed by atoms with Crippen molar-refractivity contribution in [3.05, 3.63) is 41.5 Å². The first-order valence-corrected chi connectivity index (χ1v) is 10.0. The number of allylic oxidation sites excluding steroid dienone is 1. The molecule has 1 saturated carbocycles. The molecule has 0 heterocycles. The van der Waals surface area contributed by atoms with E-state index in [1.54, 1.807) is 26.8 Å². The first-order chi connectivity index (χ1) is 13.7. The van der Waals surface area contributed by atoms with E-state index in [4.69, 9.17) is 4.74 Å². The number of ether oxygens (including phenoxy) is 1. The fraction of sp³-hybridized carbons (Fsp3) is 0.500. The number of alkyl carbamates (subject to hydrolysis) is 1. The molecular weight excluding hydrogens is 370 g/mol. The Bertz CT molecular complexity index is 740. The van der Waals surface area contributed by atoms with Gasteiger partial charge in [0.1, 0.15) is 5.60 Å². The predicted molar refractivity (Wildman–Crippen MR) is 112 cm³/mol. The largest absolute Gasteiger partial charge is 0.444 e. The Morgan fingerprint density at radius 3 is 2.31 bits per heavy atom. The molecule has 1 fully saturated rings. The number of carbonyl (C=O) groups is 3. The number of benzene rings is 1. The third-order valence-electron chi connectivity index (χ3n) is 4.31. The monoisotopic (exact) mass is 401 g/mol. The number of amides is 3. The van der Waals surface area contributed by atoms with Crippen LogP contribution in [0.3, 0.4) is 0 Å². The van der Waals surface area contributed by atoms with Crippen molar-refractivity contribution in [2.75, 3.05) is 11.9 Å². The maximum atomic E-state index is 12.0. The number of hydrogen-bond donors (Lipinski definition) is 3. The van der Waals surface area contributed by atoms with Crippen molar-refractivity contribution in [1.29, 1.82) is 0 Å². The van der Waals surface area contributed by atoms with E-state index >= 15 is 0 Å². The van der Waals surface area contributed by atoms with Gasteiger partial charge in [0.15, 0.2) is 0 Å². The normalized spacial score (nSPS) is 13.6. The van der Waals surface area contributed by atoms with Gasteiger partial charge in [0.2, 0.25) is 11.8 Å². The second-order valence-corrected chi connectivity index (χ2v) is 8.15. The van der Waals surface area contributed by atoms with E-state index in [-0.39, 0.29) is 24.8 Å². The van der Waals surface area contributed by atoms with Crippen LogP contribution in [-0.2, 0) is 20.9 Å². The summed E-state index contributed by atoms with van der Waals surface area (Å²) in [7, 11) is 0. The summed E-state index contributed by atoms with van der Waals surface area (Å²) in [6, 6.07) is 7.35. The Kier molecular flexibility index (Phi) is 8.24. The fourth-order valence-corrected chi connectivity index (χ4v) is 2.92. The van der Waals surface area contributed by atoms with Crippen LogP contribution in [0.25, 0.3) is 0 Å². The summed E-state index contributed by atoms with van der Waals surface area (Å²) in [5.41, 5.74) is 2.29. The summed E-state index contributed by atoms with van der Waals surface area (Å²) in [4.78, 5) is 35.4. The lowest BCUT2D eigenvalue weighted by Crippen LogP contribution is -2.35. The Balaban J connectivity index is 1.67. The van der Waals surface area contributed by atoms with E-state index in [1.165, 1.54) is 5.57 Å². The zero-order valence-corrected chi connectivity index (χ0v) is 17.5. The van der Waals surface area contributed by atoms with E-state index in [1.807, 2.05) is 24.3 Å². The molecule has 2 rings (SSSR count). The van der Waals surface area contributed by atoms with Crippen molar-refractivity contribution in [3.63, 3.8) is 0 Å². The Hall–Kier alpha value is -2.83. The molecule has 29 heavy (non-hydrogen) atoms. The molecule has 0 aromatic heterocycles. The van der Waals surface area contributed by atoms with Crippen molar-refractivity contribution < 1.29 is 19.1 Å². The predicted octanol–water partition coefficient (Wildman–Crippen LogP) is 3.66. The summed E-state index contributed by atoms with van der Waals surface area (Å²) < 4.78 is 5.11. The molecule has 0 aliphatic heterocycles. The lowest BCUT2D eigenvalue weighted by molar-refractivity contribution is -0.121. The molecule has 0 radical (unpaired) electrons. The molecule has 1 aromatic rings. The molecule has 7 heteroatoms. The van der Waals surface area contributed by atoms with Gasteiger partial charge in [0.05, 0.1) is 0 Å². The molecule has 158 valence electrons. The molecule has 7 nitrogen and oxygen atoms in total. The fourth-order valence-electron chi connectivity index (χ4n) is 2.92. The zero-order valence-electron chi connectivity index (χ0n) is 17.5. The average molecular weight is 402 g/mol. The van der Waals surface area contributed by atoms with Crippen LogP contribution < -0.4 is 16.0 Å². The van der Waals surface area contributed by atoms with Crippen LogP contribution in [-0.4, -0.2) is 30.1 Å². The first-order valence-electron chi connectivity index (χ1n) is 10.0. The molecule has 0 spiro atoms. The van der Waals surface area contributed by atoms with Crippen LogP contribution in [0, 0.1) is 0 Å². The van der Waals surface area contributed by atoms with Crippen molar-refractivity contribution in [2.45, 2.75) is 65.0 Å². The molecule has 1 aliphatic carbocycles. The zero-order chi connectivity index (χ0) is 21.3. The van der Waals surface area contributed by atoms with Gasteiger partial charge in [-0.2, -0.15) is 0 Å². The number of anilines is 1. The molecule has 0 saturated heterocycles. The van der Waals surface area contributed by atoms with Gasteiger partial charge in [-0.05, 0) is 64.2 Å². The number of carbonyl (C=O) groups excluding carboxylic acids is 3. The maximum Gasteiger partial charge on any atom is 0.407 e. The van der Waals surface area contributed by atoms with E-state index in [2.05, 4.69) is 16.0 Å². The van der Waals surface area contributed by atoms with Gasteiger partial charge < -0.3 is 20.7 Å². The Labute approximate surface area is 172 Å². The summed E-state index contributed by atoms with van der Waals surface area (Å²) in [5.74, 6) is -0.262. The van der Waals surface area contributed by atoms with Gasteiger partial charge >= 0.3 is 6.09 Å². The molecule has 1 aliphatic rings. The molecule has 0 atom stereocenters. The topological polar surface area (TPSA) is 96.5 Å². The lowest BCUT2D eigenvalue weighted by Gasteiger charge is -2.19. The van der Waals surface area contributed by atoms with Gasteiger partial charge in [-0.25, -0.2) is 4.79 Å². The Morgan fingerprint density at radius 2 is 1.69 bits per heavy atom. The highest BCUT2D eigenvalue weighted by molar-refractivity contribution is 5.99. The lowest BCUT2D eigenvalue weighted by atomic mass is 10.2. The third-order valence-corrected chi connectivity index (χ3v) is 4.31. The van der Waals surface area contributed by atoms with Gasteiger partial charge in [-0.15, -0.1) is 0 Å². The maximum absolute atomic E-state index is 12.0. The minimum Gasteiger partial charge on any atom is -0.444 e. The SMILES string of the molecule is CC(C)(C)OC(=O)NCCC(=O)NCc1ccc(NC(=O)C=C2CCCC2)cc1. The van der Waals surface area contributed by atoms with Gasteiger partial charge in [-0.1, -0.05) is 17.7 Å². The summed E-state index contributed by atoms with van der Waals surface area (Å²) in [6.45, 7) is 5.93. The first kappa shape index (κ1) is 22.5. The van der Waals surface area contributed by atoms with Crippen LogP contribution >= 0.6 is 0 Å². The van der Waals surface area contributed by atoms with Crippen LogP contribution in [0.1, 0.15) is 58.4 Å². The van der Waals surface area contributed by atoms with Gasteiger partial charge in [0, 0.05) is 31.3 Å². The highest BCUT2D eigenvalue weighted by Crippen LogP contribution is 2.23. The van der Waals surface area contributed by atoms with Crippen LogP contribution in [0.5, 0.6) is 0 Å². The number of hydrogen-bond acceptors (Lipinski definition) is 4. The summed E-state index contributed by atoms with van der Waals surface area (Å²) in [5, 5.41) is 8.21. The quantitative estimate of drug-likeness (QED) is 0.608. The van der Waals surface area contributed by atoms with Crippen molar-refractivity contribution >= 4 is 23.6 Å². The Morgan fingerprint density at radius 1 is 1.03 bits per heavy atom. The minimum atomic E-state index is -0.564. The molecule has 0 bridgehead atoms. The van der Waals surface area contributed by atoms with Crippen LogP contribution in [0.2, 0.25) is 0 Å². The van der Waals surface area contributed by atoms with Crippen molar-refractivity contribution in [1.82, 2.24) is 10.6 Å².